The smallest absolute Gasteiger partial charge is 0.341 e. The summed E-state index contributed by atoms with van der Waals surface area (Å²) in [5.74, 6) is 0.147. The molecule has 6 nitrogen and oxygen atoms in total. The fraction of sp³-hybridized carbons (Fsp3) is 0.700. The monoisotopic (exact) mass is 364 g/mol. The van der Waals surface area contributed by atoms with Crippen molar-refractivity contribution in [2.45, 2.75) is 64.4 Å². The van der Waals surface area contributed by atoms with E-state index >= 15 is 0 Å². The number of methoxy groups -OCH3 is 1. The van der Waals surface area contributed by atoms with Gasteiger partial charge in [0.1, 0.15) is 5.56 Å². The maximum atomic E-state index is 12.4. The lowest BCUT2D eigenvalue weighted by atomic mass is 9.87. The molecule has 0 atom stereocenters. The van der Waals surface area contributed by atoms with Crippen molar-refractivity contribution in [2.24, 2.45) is 13.0 Å². The average Bonchev–Trinajstić information content (AvgIpc) is 2.94. The summed E-state index contributed by atoms with van der Waals surface area (Å²) in [7, 11) is 3.61. The van der Waals surface area contributed by atoms with Crippen LogP contribution in [0.15, 0.2) is 12.4 Å². The Kier molecular flexibility index (Phi) is 8.16. The molecule has 1 heterocycles. The molecule has 0 radical (unpaired) electrons. The molecule has 1 fully saturated rings. The van der Waals surface area contributed by atoms with E-state index in [2.05, 4.69) is 5.32 Å². The van der Waals surface area contributed by atoms with Crippen LogP contribution in [0, 0.1) is 5.92 Å². The van der Waals surface area contributed by atoms with Crippen LogP contribution in [0.25, 0.3) is 0 Å². The summed E-state index contributed by atoms with van der Waals surface area (Å²) < 4.78 is 12.3. The Hall–Kier alpha value is -1.82. The van der Waals surface area contributed by atoms with E-state index in [9.17, 15) is 9.59 Å². The van der Waals surface area contributed by atoms with Gasteiger partial charge in [-0.1, -0.05) is 25.7 Å². The van der Waals surface area contributed by atoms with Gasteiger partial charge >= 0.3 is 5.97 Å². The van der Waals surface area contributed by atoms with Gasteiger partial charge in [0.2, 0.25) is 5.91 Å². The number of rotatable bonds is 7. The predicted molar refractivity (Wildman–Crippen MR) is 101 cm³/mol. The van der Waals surface area contributed by atoms with Crippen LogP contribution >= 0.6 is 0 Å². The van der Waals surface area contributed by atoms with Crippen LogP contribution < -0.4 is 5.32 Å². The molecule has 0 spiro atoms. The molecule has 2 rings (SSSR count). The van der Waals surface area contributed by atoms with Crippen LogP contribution in [0.4, 0.5) is 5.69 Å². The number of esters is 1. The molecule has 1 amide bonds. The second kappa shape index (κ2) is 10.4. The molecule has 0 saturated heterocycles. The van der Waals surface area contributed by atoms with Gasteiger partial charge in [0, 0.05) is 33.0 Å². The molecule has 1 saturated carbocycles. The highest BCUT2D eigenvalue weighted by atomic mass is 16.5. The van der Waals surface area contributed by atoms with Gasteiger partial charge in [0.05, 0.1) is 18.4 Å². The number of carbonyl (C=O) groups excluding carboxylic acids is 2. The first-order valence-electron chi connectivity index (χ1n) is 9.69. The summed E-state index contributed by atoms with van der Waals surface area (Å²) in [4.78, 5) is 24.3. The number of nitrogens with zero attached hydrogens (tertiary/aromatic N) is 1. The Balaban J connectivity index is 1.83. The maximum Gasteiger partial charge on any atom is 0.341 e. The Bertz CT molecular complexity index is 587. The molecule has 1 aromatic heterocycles. The summed E-state index contributed by atoms with van der Waals surface area (Å²) in [5.41, 5.74) is 0.927. The normalized spacial score (nSPS) is 20.9. The number of hydrogen-bond acceptors (Lipinski definition) is 4. The van der Waals surface area contributed by atoms with Crippen molar-refractivity contribution in [2.75, 3.05) is 19.0 Å². The number of hydrogen-bond donors (Lipinski definition) is 1. The third-order valence-corrected chi connectivity index (χ3v) is 5.11. The number of ether oxygens (including phenoxy) is 2. The van der Waals surface area contributed by atoms with Gasteiger partial charge in [-0.2, -0.15) is 0 Å². The Morgan fingerprint density at radius 2 is 1.88 bits per heavy atom. The molecule has 0 unspecified atom stereocenters. The third-order valence-electron chi connectivity index (χ3n) is 5.11. The second-order valence-corrected chi connectivity index (χ2v) is 7.14. The van der Waals surface area contributed by atoms with Gasteiger partial charge in [-0.15, -0.1) is 0 Å². The maximum absolute atomic E-state index is 12.4. The first kappa shape index (κ1) is 20.5. The van der Waals surface area contributed by atoms with E-state index in [1.807, 2.05) is 7.05 Å². The predicted octanol–water partition coefficient (Wildman–Crippen LogP) is 3.91. The number of aromatic nitrogens is 1. The third kappa shape index (κ3) is 6.16. The van der Waals surface area contributed by atoms with Crippen molar-refractivity contribution < 1.29 is 19.1 Å². The van der Waals surface area contributed by atoms with Gasteiger partial charge in [-0.05, 0) is 32.1 Å². The Morgan fingerprint density at radius 3 is 2.50 bits per heavy atom. The number of amides is 1. The van der Waals surface area contributed by atoms with E-state index in [0.717, 1.165) is 44.9 Å². The summed E-state index contributed by atoms with van der Waals surface area (Å²) in [6.45, 7) is 2.08. The minimum atomic E-state index is -0.406. The molecule has 1 aliphatic rings. The fourth-order valence-electron chi connectivity index (χ4n) is 3.68. The van der Waals surface area contributed by atoms with Gasteiger partial charge in [-0.25, -0.2) is 4.79 Å². The van der Waals surface area contributed by atoms with Crippen molar-refractivity contribution >= 4 is 17.6 Å². The van der Waals surface area contributed by atoms with Crippen LogP contribution in [0.2, 0.25) is 0 Å². The minimum absolute atomic E-state index is 0.0430. The van der Waals surface area contributed by atoms with E-state index in [0.29, 0.717) is 36.3 Å². The van der Waals surface area contributed by atoms with Crippen LogP contribution in [0.5, 0.6) is 0 Å². The zero-order chi connectivity index (χ0) is 18.9. The van der Waals surface area contributed by atoms with Gasteiger partial charge < -0.3 is 19.4 Å². The highest BCUT2D eigenvalue weighted by Crippen LogP contribution is 2.27. The van der Waals surface area contributed by atoms with Crippen LogP contribution in [-0.2, 0) is 21.3 Å². The molecule has 0 aliphatic heterocycles. The lowest BCUT2D eigenvalue weighted by molar-refractivity contribution is -0.116. The van der Waals surface area contributed by atoms with Crippen LogP contribution in [0.1, 0.15) is 68.6 Å². The standard InChI is InChI=1S/C20H32N2O4/c1-4-26-20(24)17-13-22(2)14-18(17)21-19(23)12-11-15-7-5-9-16(25-3)10-6-8-15/h13-16H,4-12H2,1-3H3,(H,21,23). The minimum Gasteiger partial charge on any atom is -0.462 e. The van der Waals surface area contributed by atoms with Crippen molar-refractivity contribution in [1.82, 2.24) is 4.57 Å². The quantitative estimate of drug-likeness (QED) is 0.745. The van der Waals surface area contributed by atoms with Gasteiger partial charge in [0.15, 0.2) is 0 Å². The van der Waals surface area contributed by atoms with Crippen molar-refractivity contribution in [3.05, 3.63) is 18.0 Å². The van der Waals surface area contributed by atoms with Crippen molar-refractivity contribution in [1.29, 1.82) is 0 Å². The summed E-state index contributed by atoms with van der Waals surface area (Å²) in [6, 6.07) is 0. The van der Waals surface area contributed by atoms with E-state index in [-0.39, 0.29) is 5.91 Å². The summed E-state index contributed by atoms with van der Waals surface area (Å²) >= 11 is 0. The first-order valence-corrected chi connectivity index (χ1v) is 9.69. The van der Waals surface area contributed by atoms with Gasteiger partial charge in [-0.3, -0.25) is 4.79 Å². The Labute approximate surface area is 156 Å². The van der Waals surface area contributed by atoms with Crippen molar-refractivity contribution in [3.8, 4) is 0 Å². The zero-order valence-corrected chi connectivity index (χ0v) is 16.3. The Morgan fingerprint density at radius 1 is 1.19 bits per heavy atom. The molecule has 0 bridgehead atoms. The van der Waals surface area contributed by atoms with E-state index in [1.54, 1.807) is 31.0 Å². The lowest BCUT2D eigenvalue weighted by Gasteiger charge is -2.23. The van der Waals surface area contributed by atoms with Crippen LogP contribution in [-0.4, -0.2) is 36.3 Å². The van der Waals surface area contributed by atoms with E-state index in [1.165, 1.54) is 0 Å². The largest absolute Gasteiger partial charge is 0.462 e. The summed E-state index contributed by atoms with van der Waals surface area (Å²) in [6.07, 6.45) is 12.1. The molecule has 0 aromatic carbocycles. The number of anilines is 1. The number of aryl methyl sites for hydroxylation is 1. The fourth-order valence-corrected chi connectivity index (χ4v) is 3.68. The molecule has 6 heteroatoms. The molecular formula is C20H32N2O4. The SMILES string of the molecule is CCOC(=O)c1cn(C)cc1NC(=O)CCC1CCCC(OC)CCC1. The second-order valence-electron chi connectivity index (χ2n) is 7.14. The van der Waals surface area contributed by atoms with E-state index in [4.69, 9.17) is 9.47 Å². The number of carbonyl (C=O) groups is 2. The van der Waals surface area contributed by atoms with E-state index < -0.39 is 5.97 Å². The molecule has 1 aromatic rings. The summed E-state index contributed by atoms with van der Waals surface area (Å²) in [5, 5.41) is 2.87. The van der Waals surface area contributed by atoms with Gasteiger partial charge in [0.25, 0.3) is 0 Å². The molecular weight excluding hydrogens is 332 g/mol. The number of nitrogens with one attached hydrogen (secondary N) is 1. The average molecular weight is 364 g/mol. The van der Waals surface area contributed by atoms with Crippen LogP contribution in [0.3, 0.4) is 0 Å². The molecule has 146 valence electrons. The highest BCUT2D eigenvalue weighted by molar-refractivity contribution is 6.01. The lowest BCUT2D eigenvalue weighted by Crippen LogP contribution is -2.18. The first-order chi connectivity index (χ1) is 12.5. The highest BCUT2D eigenvalue weighted by Gasteiger charge is 2.19. The topological polar surface area (TPSA) is 69.6 Å². The molecule has 26 heavy (non-hydrogen) atoms. The van der Waals surface area contributed by atoms with Crippen molar-refractivity contribution in [3.63, 3.8) is 0 Å². The molecule has 1 N–H and O–H groups in total. The molecule has 1 aliphatic carbocycles. The zero-order valence-electron chi connectivity index (χ0n) is 16.3.